The van der Waals surface area contributed by atoms with Crippen molar-refractivity contribution >= 4 is 11.6 Å². The summed E-state index contributed by atoms with van der Waals surface area (Å²) in [5.74, 6) is -1.55. The van der Waals surface area contributed by atoms with Gasteiger partial charge in [-0.15, -0.1) is 0 Å². The van der Waals surface area contributed by atoms with Crippen molar-refractivity contribution in [3.63, 3.8) is 0 Å². The Hall–Kier alpha value is -1.43. The number of hydrogen-bond donors (Lipinski definition) is 2. The summed E-state index contributed by atoms with van der Waals surface area (Å²) in [5.41, 5.74) is 5.24. The Kier molecular flexibility index (Phi) is 5.09. The topological polar surface area (TPSA) is 60.2 Å². The lowest BCUT2D eigenvalue weighted by Crippen LogP contribution is -2.14. The molecule has 0 bridgehead atoms. The van der Waals surface area contributed by atoms with Gasteiger partial charge in [0, 0.05) is 19.2 Å². The van der Waals surface area contributed by atoms with E-state index in [2.05, 4.69) is 10.3 Å². The molecule has 0 saturated heterocycles. The maximum atomic E-state index is 13.2. The molecule has 0 aliphatic carbocycles. The predicted octanol–water partition coefficient (Wildman–Crippen LogP) is 2.03. The van der Waals surface area contributed by atoms with Crippen molar-refractivity contribution in [1.29, 1.82) is 0 Å². The first-order chi connectivity index (χ1) is 8.00. The van der Waals surface area contributed by atoms with Crippen LogP contribution in [0.4, 0.5) is 20.4 Å². The highest BCUT2D eigenvalue weighted by Crippen LogP contribution is 2.15. The molecule has 96 valence electrons. The molecule has 1 aromatic heterocycles. The summed E-state index contributed by atoms with van der Waals surface area (Å²) in [6.07, 6.45) is 0. The zero-order valence-electron chi connectivity index (χ0n) is 9.96. The van der Waals surface area contributed by atoms with E-state index in [9.17, 15) is 8.78 Å². The lowest BCUT2D eigenvalue weighted by atomic mass is 10.2. The van der Waals surface area contributed by atoms with Crippen molar-refractivity contribution in [2.75, 3.05) is 30.8 Å². The third-order valence-corrected chi connectivity index (χ3v) is 1.95. The van der Waals surface area contributed by atoms with Crippen LogP contribution >= 0.6 is 0 Å². The smallest absolute Gasteiger partial charge is 0.168 e. The van der Waals surface area contributed by atoms with E-state index in [0.717, 1.165) is 0 Å². The second-order valence-corrected chi connectivity index (χ2v) is 4.08. The fourth-order valence-electron chi connectivity index (χ4n) is 1.17. The molecule has 0 spiro atoms. The normalized spacial score (nSPS) is 10.9. The Labute approximate surface area is 99.2 Å². The summed E-state index contributed by atoms with van der Waals surface area (Å²) in [5, 5.41) is 2.70. The Bertz CT molecular complexity index is 372. The van der Waals surface area contributed by atoms with E-state index in [1.165, 1.54) is 0 Å². The lowest BCUT2D eigenvalue weighted by Gasteiger charge is -2.09. The molecule has 6 heteroatoms. The predicted molar refractivity (Wildman–Crippen MR) is 62.7 cm³/mol. The Morgan fingerprint density at radius 2 is 2.12 bits per heavy atom. The molecule has 0 saturated carbocycles. The van der Waals surface area contributed by atoms with E-state index in [0.29, 0.717) is 31.7 Å². The summed E-state index contributed by atoms with van der Waals surface area (Å²) in [6, 6.07) is 0.708. The van der Waals surface area contributed by atoms with Crippen molar-refractivity contribution in [2.24, 2.45) is 5.92 Å². The summed E-state index contributed by atoms with van der Waals surface area (Å²) >= 11 is 0. The number of rotatable bonds is 6. The van der Waals surface area contributed by atoms with Gasteiger partial charge in [0.05, 0.1) is 6.61 Å². The number of nitrogens with one attached hydrogen (secondary N) is 1. The average molecular weight is 245 g/mol. The maximum absolute atomic E-state index is 13.2. The Balaban J connectivity index is 2.39. The van der Waals surface area contributed by atoms with E-state index >= 15 is 0 Å². The van der Waals surface area contributed by atoms with Gasteiger partial charge in [-0.1, -0.05) is 13.8 Å². The zero-order chi connectivity index (χ0) is 12.8. The zero-order valence-corrected chi connectivity index (χ0v) is 9.96. The molecule has 1 aromatic rings. The molecule has 0 radical (unpaired) electrons. The van der Waals surface area contributed by atoms with Crippen molar-refractivity contribution in [3.8, 4) is 0 Å². The van der Waals surface area contributed by atoms with Crippen LogP contribution in [-0.2, 0) is 4.74 Å². The highest BCUT2D eigenvalue weighted by molar-refractivity contribution is 5.44. The molecular weight excluding hydrogens is 228 g/mol. The van der Waals surface area contributed by atoms with Gasteiger partial charge in [-0.3, -0.25) is 0 Å². The van der Waals surface area contributed by atoms with Crippen LogP contribution in [0, 0.1) is 17.6 Å². The Morgan fingerprint density at radius 1 is 1.41 bits per heavy atom. The summed E-state index contributed by atoms with van der Waals surface area (Å²) in [6.45, 7) is 5.53. The third-order valence-electron chi connectivity index (χ3n) is 1.95. The molecule has 17 heavy (non-hydrogen) atoms. The second kappa shape index (κ2) is 6.34. The largest absolute Gasteiger partial charge is 0.381 e. The molecule has 0 amide bonds. The number of pyridine rings is 1. The molecule has 0 aliphatic rings. The molecule has 0 unspecified atom stereocenters. The number of anilines is 2. The first-order valence-electron chi connectivity index (χ1n) is 5.44. The van der Waals surface area contributed by atoms with E-state index in [1.54, 1.807) is 0 Å². The molecule has 0 aliphatic heterocycles. The fraction of sp³-hybridized carbons (Fsp3) is 0.545. The van der Waals surface area contributed by atoms with Crippen molar-refractivity contribution < 1.29 is 13.5 Å². The fourth-order valence-corrected chi connectivity index (χ4v) is 1.17. The van der Waals surface area contributed by atoms with E-state index in [1.807, 2.05) is 13.8 Å². The second-order valence-electron chi connectivity index (χ2n) is 4.08. The van der Waals surface area contributed by atoms with Gasteiger partial charge >= 0.3 is 0 Å². The van der Waals surface area contributed by atoms with E-state index in [-0.39, 0.29) is 11.6 Å². The van der Waals surface area contributed by atoms with Crippen LogP contribution in [0.25, 0.3) is 0 Å². The van der Waals surface area contributed by atoms with Crippen molar-refractivity contribution in [2.45, 2.75) is 13.8 Å². The number of halogens is 2. The standard InChI is InChI=1S/C11H17F2N3O/c1-7(2)6-17-4-3-15-11-9(13)5-8(12)10(14)16-11/h5,7H,3-4,6H2,1-2H3,(H3,14,15,16). The summed E-state index contributed by atoms with van der Waals surface area (Å²) in [4.78, 5) is 3.57. The number of aromatic nitrogens is 1. The van der Waals surface area contributed by atoms with Crippen LogP contribution in [0.5, 0.6) is 0 Å². The first kappa shape index (κ1) is 13.6. The molecule has 4 nitrogen and oxygen atoms in total. The summed E-state index contributed by atoms with van der Waals surface area (Å²) in [7, 11) is 0. The van der Waals surface area contributed by atoms with Crippen molar-refractivity contribution in [3.05, 3.63) is 17.7 Å². The molecule has 3 N–H and O–H groups in total. The number of nitrogen functional groups attached to an aromatic ring is 1. The lowest BCUT2D eigenvalue weighted by molar-refractivity contribution is 0.118. The molecule has 1 rings (SSSR count). The minimum absolute atomic E-state index is 0.0583. The number of hydrogen-bond acceptors (Lipinski definition) is 4. The first-order valence-corrected chi connectivity index (χ1v) is 5.44. The van der Waals surface area contributed by atoms with E-state index < -0.39 is 11.6 Å². The number of nitrogens with zero attached hydrogens (tertiary/aromatic N) is 1. The van der Waals surface area contributed by atoms with Crippen LogP contribution in [0.3, 0.4) is 0 Å². The molecule has 1 heterocycles. The average Bonchev–Trinajstić information content (AvgIpc) is 2.24. The van der Waals surface area contributed by atoms with Crippen LogP contribution < -0.4 is 11.1 Å². The SMILES string of the molecule is CC(C)COCCNc1nc(N)c(F)cc1F. The number of nitrogens with two attached hydrogens (primary N) is 1. The Morgan fingerprint density at radius 3 is 2.76 bits per heavy atom. The van der Waals surface area contributed by atoms with Gasteiger partial charge in [0.25, 0.3) is 0 Å². The van der Waals surface area contributed by atoms with Crippen molar-refractivity contribution in [1.82, 2.24) is 4.98 Å². The molecule has 0 fully saturated rings. The highest BCUT2D eigenvalue weighted by atomic mass is 19.1. The maximum Gasteiger partial charge on any atom is 0.168 e. The monoisotopic (exact) mass is 245 g/mol. The van der Waals surface area contributed by atoms with Crippen LogP contribution in [-0.4, -0.2) is 24.7 Å². The molecular formula is C11H17F2N3O. The van der Waals surface area contributed by atoms with Gasteiger partial charge in [-0.2, -0.15) is 0 Å². The van der Waals surface area contributed by atoms with Crippen LogP contribution in [0.15, 0.2) is 6.07 Å². The van der Waals surface area contributed by atoms with Gasteiger partial charge < -0.3 is 15.8 Å². The number of ether oxygens (including phenoxy) is 1. The minimum atomic E-state index is -0.857. The molecule has 0 aromatic carbocycles. The van der Waals surface area contributed by atoms with Gasteiger partial charge in [-0.05, 0) is 5.92 Å². The van der Waals surface area contributed by atoms with Crippen LogP contribution in [0.2, 0.25) is 0 Å². The third kappa shape index (κ3) is 4.52. The van der Waals surface area contributed by atoms with Crippen LogP contribution in [0.1, 0.15) is 13.8 Å². The summed E-state index contributed by atoms with van der Waals surface area (Å²) < 4.78 is 31.3. The van der Waals surface area contributed by atoms with E-state index in [4.69, 9.17) is 10.5 Å². The van der Waals surface area contributed by atoms with Gasteiger partial charge in [0.2, 0.25) is 0 Å². The van der Waals surface area contributed by atoms with Gasteiger partial charge in [0.1, 0.15) is 0 Å². The quantitative estimate of drug-likeness (QED) is 0.753. The minimum Gasteiger partial charge on any atom is -0.381 e. The van der Waals surface area contributed by atoms with Gasteiger partial charge in [0.15, 0.2) is 23.3 Å². The highest BCUT2D eigenvalue weighted by Gasteiger charge is 2.08. The molecule has 0 atom stereocenters. The van der Waals surface area contributed by atoms with Gasteiger partial charge in [-0.25, -0.2) is 13.8 Å².